The largest absolute Gasteiger partial charge is 0.467 e. The van der Waals surface area contributed by atoms with E-state index in [0.29, 0.717) is 21.7 Å². The SMILES string of the molecule is Cn1cccc1C(=O)NC(=O)CSc1nnc(NCc2ccco2)s1. The third-order valence-electron chi connectivity index (χ3n) is 3.16. The van der Waals surface area contributed by atoms with Gasteiger partial charge >= 0.3 is 0 Å². The van der Waals surface area contributed by atoms with Crippen molar-refractivity contribution in [1.29, 1.82) is 0 Å². The third-order valence-corrected chi connectivity index (χ3v) is 5.17. The van der Waals surface area contributed by atoms with Gasteiger partial charge in [0, 0.05) is 13.2 Å². The molecule has 8 nitrogen and oxygen atoms in total. The summed E-state index contributed by atoms with van der Waals surface area (Å²) in [5, 5.41) is 14.1. The summed E-state index contributed by atoms with van der Waals surface area (Å²) < 4.78 is 7.51. The highest BCUT2D eigenvalue weighted by molar-refractivity contribution is 8.01. The lowest BCUT2D eigenvalue weighted by Gasteiger charge is -2.04. The lowest BCUT2D eigenvalue weighted by molar-refractivity contribution is -0.117. The second-order valence-electron chi connectivity index (χ2n) is 4.98. The Morgan fingerprint density at radius 2 is 2.20 bits per heavy atom. The van der Waals surface area contributed by atoms with Crippen molar-refractivity contribution in [2.75, 3.05) is 11.1 Å². The van der Waals surface area contributed by atoms with E-state index in [4.69, 9.17) is 4.42 Å². The fraction of sp³-hybridized carbons (Fsp3) is 0.200. The molecule has 0 saturated carbocycles. The maximum Gasteiger partial charge on any atom is 0.274 e. The number of imide groups is 1. The molecule has 0 aromatic carbocycles. The summed E-state index contributed by atoms with van der Waals surface area (Å²) in [5.41, 5.74) is 0.429. The zero-order valence-electron chi connectivity index (χ0n) is 13.3. The second kappa shape index (κ2) is 7.99. The van der Waals surface area contributed by atoms with Crippen LogP contribution >= 0.6 is 23.1 Å². The molecule has 25 heavy (non-hydrogen) atoms. The minimum absolute atomic E-state index is 0.0863. The van der Waals surface area contributed by atoms with E-state index in [1.807, 2.05) is 12.1 Å². The number of hydrogen-bond acceptors (Lipinski definition) is 8. The Hall–Kier alpha value is -2.59. The lowest BCUT2D eigenvalue weighted by Crippen LogP contribution is -2.32. The molecule has 3 rings (SSSR count). The fourth-order valence-electron chi connectivity index (χ4n) is 1.97. The summed E-state index contributed by atoms with van der Waals surface area (Å²) in [4.78, 5) is 23.8. The Balaban J connectivity index is 1.44. The van der Waals surface area contributed by atoms with Crippen LogP contribution in [0.2, 0.25) is 0 Å². The third kappa shape index (κ3) is 4.70. The first-order valence-electron chi connectivity index (χ1n) is 7.30. The zero-order valence-corrected chi connectivity index (χ0v) is 14.9. The van der Waals surface area contributed by atoms with Gasteiger partial charge in [-0.2, -0.15) is 0 Å². The molecule has 130 valence electrons. The number of aromatic nitrogens is 3. The molecule has 0 spiro atoms. The Labute approximate surface area is 151 Å². The minimum Gasteiger partial charge on any atom is -0.467 e. The van der Waals surface area contributed by atoms with Crippen molar-refractivity contribution in [2.24, 2.45) is 7.05 Å². The van der Waals surface area contributed by atoms with E-state index < -0.39 is 5.91 Å². The van der Waals surface area contributed by atoms with Gasteiger partial charge in [0.15, 0.2) is 4.34 Å². The van der Waals surface area contributed by atoms with Gasteiger partial charge in [-0.05, 0) is 24.3 Å². The monoisotopic (exact) mass is 377 g/mol. The molecule has 3 aromatic rings. The second-order valence-corrected chi connectivity index (χ2v) is 7.18. The van der Waals surface area contributed by atoms with Crippen LogP contribution in [0, 0.1) is 0 Å². The molecule has 0 saturated heterocycles. The van der Waals surface area contributed by atoms with Gasteiger partial charge in [0.2, 0.25) is 11.0 Å². The molecule has 0 radical (unpaired) electrons. The molecule has 3 heterocycles. The van der Waals surface area contributed by atoms with E-state index in [9.17, 15) is 9.59 Å². The zero-order chi connectivity index (χ0) is 17.6. The van der Waals surface area contributed by atoms with E-state index in [-0.39, 0.29) is 11.7 Å². The number of anilines is 1. The van der Waals surface area contributed by atoms with Crippen molar-refractivity contribution < 1.29 is 14.0 Å². The molecule has 0 aliphatic rings. The van der Waals surface area contributed by atoms with E-state index >= 15 is 0 Å². The first-order valence-corrected chi connectivity index (χ1v) is 9.10. The molecule has 2 N–H and O–H groups in total. The molecule has 0 bridgehead atoms. The predicted octanol–water partition coefficient (Wildman–Crippen LogP) is 2.13. The summed E-state index contributed by atoms with van der Waals surface area (Å²) in [6.45, 7) is 0.512. The highest BCUT2D eigenvalue weighted by Crippen LogP contribution is 2.25. The quantitative estimate of drug-likeness (QED) is 0.608. The molecular weight excluding hydrogens is 362 g/mol. The number of nitrogens with one attached hydrogen (secondary N) is 2. The summed E-state index contributed by atoms with van der Waals surface area (Å²) in [5.74, 6) is 0.0822. The minimum atomic E-state index is -0.420. The van der Waals surface area contributed by atoms with Gasteiger partial charge in [-0.15, -0.1) is 10.2 Å². The highest BCUT2D eigenvalue weighted by Gasteiger charge is 2.14. The molecule has 0 fully saturated rings. The van der Waals surface area contributed by atoms with Gasteiger partial charge in [-0.1, -0.05) is 23.1 Å². The van der Waals surface area contributed by atoms with Crippen LogP contribution in [0.25, 0.3) is 0 Å². The van der Waals surface area contributed by atoms with Gasteiger partial charge in [-0.25, -0.2) is 0 Å². The van der Waals surface area contributed by atoms with Crippen LogP contribution in [0.1, 0.15) is 16.2 Å². The van der Waals surface area contributed by atoms with Gasteiger partial charge < -0.3 is 14.3 Å². The number of furan rings is 1. The Kier molecular flexibility index (Phi) is 5.51. The molecular formula is C15H15N5O3S2. The Morgan fingerprint density at radius 1 is 1.32 bits per heavy atom. The molecule has 0 aliphatic heterocycles. The standard InChI is InChI=1S/C15H15N5O3S2/c1-20-6-2-5-11(20)13(22)17-12(21)9-24-15-19-18-14(25-15)16-8-10-4-3-7-23-10/h2-7H,8-9H2,1H3,(H,16,18)(H,17,21,22). The van der Waals surface area contributed by atoms with Crippen molar-refractivity contribution >= 4 is 40.0 Å². The molecule has 0 aliphatic carbocycles. The maximum absolute atomic E-state index is 11.9. The van der Waals surface area contributed by atoms with Crippen LogP contribution < -0.4 is 10.6 Å². The van der Waals surface area contributed by atoms with E-state index in [0.717, 1.165) is 5.76 Å². The number of carbonyl (C=O) groups is 2. The van der Waals surface area contributed by atoms with Crippen molar-refractivity contribution in [3.05, 3.63) is 48.2 Å². The van der Waals surface area contributed by atoms with Crippen LogP contribution in [-0.2, 0) is 18.4 Å². The van der Waals surface area contributed by atoms with Crippen LogP contribution in [-0.4, -0.2) is 32.3 Å². The van der Waals surface area contributed by atoms with Crippen LogP contribution in [0.15, 0.2) is 45.5 Å². The Bertz CT molecular complexity index is 856. The summed E-state index contributed by atoms with van der Waals surface area (Å²) in [6.07, 6.45) is 3.35. The normalized spacial score (nSPS) is 10.6. The lowest BCUT2D eigenvalue weighted by atomic mass is 10.4. The number of rotatable bonds is 7. The first-order chi connectivity index (χ1) is 12.1. The van der Waals surface area contributed by atoms with Gasteiger partial charge in [0.25, 0.3) is 5.91 Å². The first kappa shape index (κ1) is 17.2. The van der Waals surface area contributed by atoms with Crippen LogP contribution in [0.5, 0.6) is 0 Å². The highest BCUT2D eigenvalue weighted by atomic mass is 32.2. The Morgan fingerprint density at radius 3 is 2.92 bits per heavy atom. The average Bonchev–Trinajstić information content (AvgIpc) is 3.33. The number of hydrogen-bond donors (Lipinski definition) is 2. The van der Waals surface area contributed by atoms with E-state index in [1.165, 1.54) is 23.1 Å². The molecule has 0 unspecified atom stereocenters. The number of thioether (sulfide) groups is 1. The average molecular weight is 377 g/mol. The molecule has 3 aromatic heterocycles. The van der Waals surface area contributed by atoms with Crippen LogP contribution in [0.3, 0.4) is 0 Å². The smallest absolute Gasteiger partial charge is 0.274 e. The van der Waals surface area contributed by atoms with Gasteiger partial charge in [-0.3, -0.25) is 14.9 Å². The van der Waals surface area contributed by atoms with Crippen molar-refractivity contribution in [3.8, 4) is 0 Å². The molecule has 2 amide bonds. The van der Waals surface area contributed by atoms with E-state index in [2.05, 4.69) is 20.8 Å². The van der Waals surface area contributed by atoms with Crippen molar-refractivity contribution in [3.63, 3.8) is 0 Å². The van der Waals surface area contributed by atoms with Gasteiger partial charge in [0.05, 0.1) is 18.6 Å². The molecule has 10 heteroatoms. The molecule has 0 atom stereocenters. The van der Waals surface area contributed by atoms with Gasteiger partial charge in [0.1, 0.15) is 11.5 Å². The topological polar surface area (TPSA) is 102 Å². The fourth-order valence-corrected chi connectivity index (χ4v) is 3.51. The predicted molar refractivity (Wildman–Crippen MR) is 94.6 cm³/mol. The number of nitrogens with zero attached hydrogens (tertiary/aromatic N) is 3. The summed E-state index contributed by atoms with van der Waals surface area (Å²) >= 11 is 2.56. The number of carbonyl (C=O) groups excluding carboxylic acids is 2. The number of aryl methyl sites for hydroxylation is 1. The van der Waals surface area contributed by atoms with Crippen molar-refractivity contribution in [1.82, 2.24) is 20.1 Å². The van der Waals surface area contributed by atoms with E-state index in [1.54, 1.807) is 36.2 Å². The van der Waals surface area contributed by atoms with Crippen molar-refractivity contribution in [2.45, 2.75) is 10.9 Å². The summed E-state index contributed by atoms with van der Waals surface area (Å²) in [7, 11) is 1.74. The number of amides is 2. The maximum atomic E-state index is 11.9. The summed E-state index contributed by atoms with van der Waals surface area (Å²) in [6, 6.07) is 7.07. The van der Waals surface area contributed by atoms with Crippen LogP contribution in [0.4, 0.5) is 5.13 Å².